The van der Waals surface area contributed by atoms with Gasteiger partial charge in [0.2, 0.25) is 0 Å². The first kappa shape index (κ1) is 25.1. The highest BCUT2D eigenvalue weighted by Crippen LogP contribution is 2.23. The second-order valence-electron chi connectivity index (χ2n) is 8.74. The molecule has 6 nitrogen and oxygen atoms in total. The Morgan fingerprint density at radius 2 is 1.58 bits per heavy atom. The molecule has 0 aliphatic heterocycles. The monoisotopic (exact) mass is 524 g/mol. The first-order chi connectivity index (χ1) is 18.6. The van der Waals surface area contributed by atoms with E-state index < -0.39 is 17.9 Å². The Bertz CT molecular complexity index is 1560. The molecule has 0 fully saturated rings. The average Bonchev–Trinajstić information content (AvgIpc) is 3.35. The van der Waals surface area contributed by atoms with E-state index in [1.165, 1.54) is 0 Å². The number of hydrogen-bond donors (Lipinski definition) is 2. The number of fused-ring (bicyclic) bond motifs is 1. The third-order valence-corrected chi connectivity index (χ3v) is 6.40. The van der Waals surface area contributed by atoms with E-state index in [1.54, 1.807) is 24.3 Å². The van der Waals surface area contributed by atoms with Crippen molar-refractivity contribution in [2.75, 3.05) is 0 Å². The quantitative estimate of drug-likeness (QED) is 0.210. The summed E-state index contributed by atoms with van der Waals surface area (Å²) < 4.78 is 11.6. The third-order valence-electron chi connectivity index (χ3n) is 6.07. The number of carbonyl (C=O) groups is 2. The average molecular weight is 525 g/mol. The van der Waals surface area contributed by atoms with E-state index in [0.29, 0.717) is 16.5 Å². The minimum absolute atomic E-state index is 0.0250. The van der Waals surface area contributed by atoms with Crippen molar-refractivity contribution in [1.82, 2.24) is 10.3 Å². The fraction of sp³-hybridized carbons (Fsp3) is 0.0968. The zero-order chi connectivity index (χ0) is 26.3. The molecule has 1 aromatic heterocycles. The zero-order valence-electron chi connectivity index (χ0n) is 20.4. The second kappa shape index (κ2) is 11.7. The maximum absolute atomic E-state index is 13.3. The molecule has 0 bridgehead atoms. The number of amides is 1. The number of para-hydroxylation sites is 2. The number of halogens is 1. The molecule has 190 valence electrons. The lowest BCUT2D eigenvalue weighted by Crippen LogP contribution is -2.43. The van der Waals surface area contributed by atoms with Crippen molar-refractivity contribution < 1.29 is 19.1 Å². The highest BCUT2D eigenvalue weighted by atomic mass is 35.5. The van der Waals surface area contributed by atoms with Crippen molar-refractivity contribution in [3.8, 4) is 11.5 Å². The predicted molar refractivity (Wildman–Crippen MR) is 147 cm³/mol. The summed E-state index contributed by atoms with van der Waals surface area (Å²) in [5.74, 6) is 0.343. The summed E-state index contributed by atoms with van der Waals surface area (Å²) in [4.78, 5) is 29.5. The lowest BCUT2D eigenvalue weighted by molar-refractivity contribution is -0.147. The summed E-state index contributed by atoms with van der Waals surface area (Å²) in [5.41, 5.74) is 2.88. The number of esters is 1. The van der Waals surface area contributed by atoms with Crippen molar-refractivity contribution >= 4 is 34.4 Å². The molecule has 38 heavy (non-hydrogen) atoms. The number of benzene rings is 4. The Hall–Kier alpha value is -4.55. The molecule has 5 aromatic rings. The summed E-state index contributed by atoms with van der Waals surface area (Å²) in [6.45, 7) is 0.0250. The van der Waals surface area contributed by atoms with Crippen LogP contribution in [0.1, 0.15) is 21.5 Å². The molecule has 0 aliphatic carbocycles. The third kappa shape index (κ3) is 6.05. The Morgan fingerprint density at radius 1 is 0.842 bits per heavy atom. The molecule has 0 spiro atoms. The molecule has 5 rings (SSSR count). The highest BCUT2D eigenvalue weighted by molar-refractivity contribution is 6.33. The first-order valence-corrected chi connectivity index (χ1v) is 12.5. The molecule has 2 N–H and O–H groups in total. The Kier molecular flexibility index (Phi) is 7.71. The van der Waals surface area contributed by atoms with Crippen LogP contribution in [0.2, 0.25) is 5.02 Å². The van der Waals surface area contributed by atoms with Crippen LogP contribution in [-0.2, 0) is 22.6 Å². The van der Waals surface area contributed by atoms with Crippen LogP contribution in [0.3, 0.4) is 0 Å². The highest BCUT2D eigenvalue weighted by Gasteiger charge is 2.25. The van der Waals surface area contributed by atoms with E-state index in [1.807, 2.05) is 85.1 Å². The van der Waals surface area contributed by atoms with Gasteiger partial charge in [-0.15, -0.1) is 0 Å². The SMILES string of the molecule is O=C(NC(Cc1c[nH]c2ccccc12)C(=O)OCc1cccc(Oc2ccccc2)c1)c1ccccc1Cl. The minimum atomic E-state index is -0.929. The smallest absolute Gasteiger partial charge is 0.329 e. The zero-order valence-corrected chi connectivity index (χ0v) is 21.2. The van der Waals surface area contributed by atoms with Crippen LogP contribution < -0.4 is 10.1 Å². The number of H-pyrrole nitrogens is 1. The predicted octanol–water partition coefficient (Wildman–Crippen LogP) is 6.70. The summed E-state index contributed by atoms with van der Waals surface area (Å²) in [6, 6.07) is 30.3. The van der Waals surface area contributed by atoms with Gasteiger partial charge in [-0.2, -0.15) is 0 Å². The number of rotatable bonds is 9. The lowest BCUT2D eigenvalue weighted by Gasteiger charge is -2.18. The first-order valence-electron chi connectivity index (χ1n) is 12.2. The van der Waals surface area contributed by atoms with Gasteiger partial charge in [0.05, 0.1) is 10.6 Å². The van der Waals surface area contributed by atoms with Crippen LogP contribution in [-0.4, -0.2) is 22.9 Å². The van der Waals surface area contributed by atoms with Gasteiger partial charge < -0.3 is 19.8 Å². The summed E-state index contributed by atoms with van der Waals surface area (Å²) in [7, 11) is 0. The van der Waals surface area contributed by atoms with Crippen LogP contribution in [0.25, 0.3) is 10.9 Å². The van der Waals surface area contributed by atoms with Crippen molar-refractivity contribution in [2.45, 2.75) is 19.1 Å². The van der Waals surface area contributed by atoms with Crippen LogP contribution in [0.4, 0.5) is 0 Å². The molecular weight excluding hydrogens is 500 g/mol. The molecule has 1 heterocycles. The molecule has 4 aromatic carbocycles. The van der Waals surface area contributed by atoms with Crippen LogP contribution in [0, 0.1) is 0 Å². The van der Waals surface area contributed by atoms with E-state index in [-0.39, 0.29) is 18.6 Å². The largest absolute Gasteiger partial charge is 0.459 e. The van der Waals surface area contributed by atoms with Crippen LogP contribution in [0.15, 0.2) is 109 Å². The Morgan fingerprint density at radius 3 is 2.42 bits per heavy atom. The van der Waals surface area contributed by atoms with Crippen molar-refractivity contribution in [3.63, 3.8) is 0 Å². The second-order valence-corrected chi connectivity index (χ2v) is 9.15. The number of aromatic amines is 1. The fourth-order valence-corrected chi connectivity index (χ4v) is 4.40. The van der Waals surface area contributed by atoms with Crippen LogP contribution >= 0.6 is 11.6 Å². The lowest BCUT2D eigenvalue weighted by atomic mass is 10.0. The van der Waals surface area contributed by atoms with Crippen molar-refractivity contribution in [2.24, 2.45) is 0 Å². The number of nitrogens with one attached hydrogen (secondary N) is 2. The van der Waals surface area contributed by atoms with Gasteiger partial charge in [-0.25, -0.2) is 4.79 Å². The molecular formula is C31H25ClN2O4. The van der Waals surface area contributed by atoms with Crippen molar-refractivity contribution in [1.29, 1.82) is 0 Å². The molecule has 0 saturated heterocycles. The summed E-state index contributed by atoms with van der Waals surface area (Å²) in [6.07, 6.45) is 2.09. The van der Waals surface area contributed by atoms with Crippen molar-refractivity contribution in [3.05, 3.63) is 131 Å². The van der Waals surface area contributed by atoms with Crippen LogP contribution in [0.5, 0.6) is 11.5 Å². The van der Waals surface area contributed by atoms with Gasteiger partial charge in [-0.3, -0.25) is 4.79 Å². The van der Waals surface area contributed by atoms with Gasteiger partial charge in [0, 0.05) is 23.5 Å². The molecule has 0 radical (unpaired) electrons. The number of ether oxygens (including phenoxy) is 2. The number of hydrogen-bond acceptors (Lipinski definition) is 4. The fourth-order valence-electron chi connectivity index (χ4n) is 4.17. The minimum Gasteiger partial charge on any atom is -0.459 e. The topological polar surface area (TPSA) is 80.4 Å². The molecule has 1 unspecified atom stereocenters. The van der Waals surface area contributed by atoms with E-state index in [2.05, 4.69) is 10.3 Å². The van der Waals surface area contributed by atoms with Gasteiger partial charge >= 0.3 is 5.97 Å². The normalized spacial score (nSPS) is 11.6. The molecule has 0 aliphatic rings. The Balaban J connectivity index is 1.32. The maximum atomic E-state index is 13.3. The standard InChI is InChI=1S/C31H25ClN2O4/c32-27-15-6-4-14-26(27)30(35)34-29(18-22-19-33-28-16-7-5-13-25(22)28)31(36)37-20-21-9-8-12-24(17-21)38-23-10-2-1-3-11-23/h1-17,19,29,33H,18,20H2,(H,34,35). The van der Waals surface area contributed by atoms with Gasteiger partial charge in [-0.05, 0) is 53.6 Å². The van der Waals surface area contributed by atoms with Gasteiger partial charge in [0.1, 0.15) is 24.1 Å². The van der Waals surface area contributed by atoms with E-state index in [4.69, 9.17) is 21.1 Å². The molecule has 7 heteroatoms. The van der Waals surface area contributed by atoms with E-state index >= 15 is 0 Å². The van der Waals surface area contributed by atoms with E-state index in [9.17, 15) is 9.59 Å². The molecule has 1 amide bonds. The Labute approximate surface area is 225 Å². The maximum Gasteiger partial charge on any atom is 0.329 e. The van der Waals surface area contributed by atoms with Gasteiger partial charge in [0.25, 0.3) is 5.91 Å². The van der Waals surface area contributed by atoms with Gasteiger partial charge in [0.15, 0.2) is 0 Å². The number of aromatic nitrogens is 1. The summed E-state index contributed by atoms with van der Waals surface area (Å²) >= 11 is 6.22. The number of carbonyl (C=O) groups excluding carboxylic acids is 2. The summed E-state index contributed by atoms with van der Waals surface area (Å²) in [5, 5.41) is 4.10. The molecule has 1 atom stereocenters. The molecule has 0 saturated carbocycles. The van der Waals surface area contributed by atoms with E-state index in [0.717, 1.165) is 22.0 Å². The van der Waals surface area contributed by atoms with Gasteiger partial charge in [-0.1, -0.05) is 72.3 Å².